The van der Waals surface area contributed by atoms with Crippen molar-refractivity contribution in [3.8, 4) is 0 Å². The second kappa shape index (κ2) is 15.7. The second-order valence-electron chi connectivity index (χ2n) is 13.0. The first-order valence-corrected chi connectivity index (χ1v) is 17.6. The normalized spacial score (nSPS) is 12.0. The zero-order valence-corrected chi connectivity index (χ0v) is 27.8. The van der Waals surface area contributed by atoms with Crippen LogP contribution in [0.5, 0.6) is 0 Å². The van der Waals surface area contributed by atoms with Gasteiger partial charge in [0.25, 0.3) is 0 Å². The Balaban J connectivity index is 1.20. The van der Waals surface area contributed by atoms with Crippen LogP contribution in [-0.4, -0.2) is 0 Å². The molecule has 0 unspecified atom stereocenters. The molecular formula is C46H48. The lowest BCUT2D eigenvalue weighted by Gasteiger charge is -2.09. The van der Waals surface area contributed by atoms with Crippen LogP contribution in [0.2, 0.25) is 0 Å². The third-order valence-corrected chi connectivity index (χ3v) is 9.42. The summed E-state index contributed by atoms with van der Waals surface area (Å²) >= 11 is 0. The molecule has 0 N–H and O–H groups in total. The molecule has 0 heteroatoms. The highest BCUT2D eigenvalue weighted by atomic mass is 14.1. The van der Waals surface area contributed by atoms with Crippen molar-refractivity contribution in [2.24, 2.45) is 0 Å². The van der Waals surface area contributed by atoms with Crippen molar-refractivity contribution in [1.29, 1.82) is 0 Å². The van der Waals surface area contributed by atoms with E-state index in [1.165, 1.54) is 130 Å². The molecule has 6 aromatic carbocycles. The van der Waals surface area contributed by atoms with E-state index in [1.54, 1.807) is 0 Å². The number of hydrogen-bond donors (Lipinski definition) is 0. The monoisotopic (exact) mass is 600 g/mol. The predicted octanol–water partition coefficient (Wildman–Crippen LogP) is 13.7. The first-order valence-electron chi connectivity index (χ1n) is 17.6. The van der Waals surface area contributed by atoms with E-state index in [-0.39, 0.29) is 0 Å². The average Bonchev–Trinajstić information content (AvgIpc) is 3.10. The van der Waals surface area contributed by atoms with Gasteiger partial charge in [-0.3, -0.25) is 0 Å². The summed E-state index contributed by atoms with van der Waals surface area (Å²) in [6.07, 6.45) is 21.8. The molecule has 46 heavy (non-hydrogen) atoms. The maximum absolute atomic E-state index is 2.35. The lowest BCUT2D eigenvalue weighted by atomic mass is 9.95. The first-order chi connectivity index (χ1) is 22.7. The molecule has 0 spiro atoms. The topological polar surface area (TPSA) is 0 Å². The molecule has 0 aliphatic carbocycles. The van der Waals surface area contributed by atoms with Crippen molar-refractivity contribution in [3.63, 3.8) is 0 Å². The molecule has 0 atom stereocenters. The standard InChI is InChI=1S/C46H48/c1-3-5-7-9-11-35-13-17-37(18-14-35)21-23-39-25-27-41-29-32-44-43(45(41)33-39)31-30-42-28-26-40(34-46(42)44)24-22-38-19-15-36(16-20-38)12-10-8-6-4-2/h13-34H,3-12H2,1-2H3. The maximum Gasteiger partial charge on any atom is -0.00987 e. The van der Waals surface area contributed by atoms with Crippen molar-refractivity contribution in [1.82, 2.24) is 0 Å². The van der Waals surface area contributed by atoms with Crippen LogP contribution in [0.3, 0.4) is 0 Å². The van der Waals surface area contributed by atoms with Crippen LogP contribution in [0.1, 0.15) is 98.6 Å². The highest BCUT2D eigenvalue weighted by Crippen LogP contribution is 2.33. The van der Waals surface area contributed by atoms with Crippen molar-refractivity contribution in [2.45, 2.75) is 78.1 Å². The van der Waals surface area contributed by atoms with Gasteiger partial charge in [0.15, 0.2) is 0 Å². The minimum Gasteiger partial charge on any atom is -0.0654 e. The van der Waals surface area contributed by atoms with E-state index in [1.807, 2.05) is 0 Å². The molecule has 0 aliphatic heterocycles. The largest absolute Gasteiger partial charge is 0.0654 e. The van der Waals surface area contributed by atoms with Gasteiger partial charge in [0.1, 0.15) is 0 Å². The number of rotatable bonds is 14. The summed E-state index contributed by atoms with van der Waals surface area (Å²) in [5, 5.41) is 7.79. The molecule has 0 amide bonds. The van der Waals surface area contributed by atoms with Crippen LogP contribution in [0.25, 0.3) is 56.6 Å². The summed E-state index contributed by atoms with van der Waals surface area (Å²) < 4.78 is 0. The molecule has 0 fully saturated rings. The Morgan fingerprint density at radius 1 is 0.348 bits per heavy atom. The van der Waals surface area contributed by atoms with Crippen LogP contribution in [0, 0.1) is 0 Å². The minimum absolute atomic E-state index is 1.18. The van der Waals surface area contributed by atoms with Gasteiger partial charge in [-0.05, 0) is 104 Å². The van der Waals surface area contributed by atoms with E-state index in [9.17, 15) is 0 Å². The Morgan fingerprint density at radius 2 is 0.717 bits per heavy atom. The van der Waals surface area contributed by atoms with E-state index in [2.05, 4.69) is 147 Å². The van der Waals surface area contributed by atoms with E-state index >= 15 is 0 Å². The molecular weight excluding hydrogens is 553 g/mol. The Labute approximate surface area is 276 Å². The van der Waals surface area contributed by atoms with Gasteiger partial charge in [0.05, 0.1) is 0 Å². The second-order valence-corrected chi connectivity index (χ2v) is 13.0. The fourth-order valence-electron chi connectivity index (χ4n) is 6.60. The quantitative estimate of drug-likeness (QED) is 0.0663. The van der Waals surface area contributed by atoms with Gasteiger partial charge in [-0.1, -0.05) is 174 Å². The molecule has 0 aliphatic rings. The highest BCUT2D eigenvalue weighted by molar-refractivity contribution is 6.17. The molecule has 232 valence electrons. The van der Waals surface area contributed by atoms with Crippen LogP contribution < -0.4 is 0 Å². The van der Waals surface area contributed by atoms with Crippen molar-refractivity contribution in [2.75, 3.05) is 0 Å². The molecule has 0 bridgehead atoms. The van der Waals surface area contributed by atoms with E-state index in [4.69, 9.17) is 0 Å². The first kappa shape index (κ1) is 31.6. The smallest absolute Gasteiger partial charge is 0.00987 e. The number of fused-ring (bicyclic) bond motifs is 5. The molecule has 0 nitrogen and oxygen atoms in total. The molecule has 0 saturated heterocycles. The summed E-state index contributed by atoms with van der Waals surface area (Å²) in [4.78, 5) is 0. The third kappa shape index (κ3) is 8.04. The average molecular weight is 601 g/mol. The Hall–Kier alpha value is -4.42. The van der Waals surface area contributed by atoms with E-state index < -0.39 is 0 Å². The number of aryl methyl sites for hydroxylation is 2. The van der Waals surface area contributed by atoms with Gasteiger partial charge < -0.3 is 0 Å². The molecule has 0 heterocycles. The fourth-order valence-corrected chi connectivity index (χ4v) is 6.60. The molecule has 0 aromatic heterocycles. The van der Waals surface area contributed by atoms with Crippen molar-refractivity contribution < 1.29 is 0 Å². The van der Waals surface area contributed by atoms with Gasteiger partial charge in [-0.15, -0.1) is 0 Å². The number of hydrogen-bond acceptors (Lipinski definition) is 0. The van der Waals surface area contributed by atoms with Crippen LogP contribution >= 0.6 is 0 Å². The summed E-state index contributed by atoms with van der Waals surface area (Å²) in [5.41, 5.74) is 7.84. The van der Waals surface area contributed by atoms with Crippen molar-refractivity contribution in [3.05, 3.63) is 143 Å². The zero-order chi connectivity index (χ0) is 31.6. The lowest BCUT2D eigenvalue weighted by Crippen LogP contribution is -1.86. The van der Waals surface area contributed by atoms with Gasteiger partial charge in [0.2, 0.25) is 0 Å². The summed E-state index contributed by atoms with van der Waals surface area (Å²) in [6, 6.07) is 41.0. The third-order valence-electron chi connectivity index (χ3n) is 9.42. The molecule has 0 saturated carbocycles. The lowest BCUT2D eigenvalue weighted by molar-refractivity contribution is 0.667. The Bertz CT molecular complexity index is 1790. The highest BCUT2D eigenvalue weighted by Gasteiger charge is 2.06. The summed E-state index contributed by atoms with van der Waals surface area (Å²) in [6.45, 7) is 4.54. The Morgan fingerprint density at radius 3 is 1.13 bits per heavy atom. The fraction of sp³-hybridized carbons (Fsp3) is 0.261. The molecule has 6 aromatic rings. The van der Waals surface area contributed by atoms with Crippen molar-refractivity contribution >= 4 is 56.6 Å². The van der Waals surface area contributed by atoms with Gasteiger partial charge >= 0.3 is 0 Å². The minimum atomic E-state index is 1.18. The molecule has 0 radical (unpaired) electrons. The number of unbranched alkanes of at least 4 members (excludes halogenated alkanes) is 6. The van der Waals surface area contributed by atoms with Crippen LogP contribution in [-0.2, 0) is 12.8 Å². The zero-order valence-electron chi connectivity index (χ0n) is 27.8. The molecule has 6 rings (SSSR count). The number of benzene rings is 6. The Kier molecular flexibility index (Phi) is 10.8. The SMILES string of the molecule is CCCCCCc1ccc(C=Cc2ccc3ccc4c5cc(C=Cc6ccc(CCCCCC)cc6)ccc5ccc4c3c2)cc1. The van der Waals surface area contributed by atoms with Crippen LogP contribution in [0.4, 0.5) is 0 Å². The van der Waals surface area contributed by atoms with Gasteiger partial charge in [-0.25, -0.2) is 0 Å². The summed E-state index contributed by atoms with van der Waals surface area (Å²) in [7, 11) is 0. The van der Waals surface area contributed by atoms with E-state index in [0.717, 1.165) is 0 Å². The van der Waals surface area contributed by atoms with Gasteiger partial charge in [-0.2, -0.15) is 0 Å². The van der Waals surface area contributed by atoms with Crippen LogP contribution in [0.15, 0.2) is 109 Å². The predicted molar refractivity (Wildman–Crippen MR) is 205 cm³/mol. The van der Waals surface area contributed by atoms with Gasteiger partial charge in [0, 0.05) is 0 Å². The van der Waals surface area contributed by atoms with E-state index in [0.29, 0.717) is 0 Å². The summed E-state index contributed by atoms with van der Waals surface area (Å²) in [5.74, 6) is 0. The maximum atomic E-state index is 2.35.